The summed E-state index contributed by atoms with van der Waals surface area (Å²) in [6.07, 6.45) is 7.70. The third-order valence-electron chi connectivity index (χ3n) is 2.88. The third kappa shape index (κ3) is 2.34. The van der Waals surface area contributed by atoms with Gasteiger partial charge in [-0.3, -0.25) is 0 Å². The van der Waals surface area contributed by atoms with E-state index in [1.54, 1.807) is 0 Å². The van der Waals surface area contributed by atoms with Gasteiger partial charge in [0.2, 0.25) is 0 Å². The predicted octanol–water partition coefficient (Wildman–Crippen LogP) is 2.89. The van der Waals surface area contributed by atoms with E-state index in [-0.39, 0.29) is 6.10 Å². The summed E-state index contributed by atoms with van der Waals surface area (Å²) >= 11 is 0. The highest BCUT2D eigenvalue weighted by Crippen LogP contribution is 2.28. The van der Waals surface area contributed by atoms with Gasteiger partial charge in [0.15, 0.2) is 0 Å². The Hall–Kier alpha value is -0.300. The lowest BCUT2D eigenvalue weighted by Crippen LogP contribution is -2.13. The molecular formula is C11H20O. The molecule has 0 aliphatic heterocycles. The van der Waals surface area contributed by atoms with Crippen LogP contribution < -0.4 is 0 Å². The Labute approximate surface area is 75.5 Å². The van der Waals surface area contributed by atoms with Crippen molar-refractivity contribution >= 4 is 0 Å². The van der Waals surface area contributed by atoms with Crippen molar-refractivity contribution in [1.29, 1.82) is 0 Å². The molecule has 0 saturated carbocycles. The predicted molar refractivity (Wildman–Crippen MR) is 52.0 cm³/mol. The molecule has 1 rings (SSSR count). The zero-order valence-corrected chi connectivity index (χ0v) is 8.21. The van der Waals surface area contributed by atoms with Gasteiger partial charge in [-0.2, -0.15) is 0 Å². The zero-order chi connectivity index (χ0) is 8.97. The number of hydrogen-bond donors (Lipinski definition) is 1. The van der Waals surface area contributed by atoms with Gasteiger partial charge in [-0.05, 0) is 38.0 Å². The molecule has 1 N–H and O–H groups in total. The fourth-order valence-electron chi connectivity index (χ4n) is 2.08. The summed E-state index contributed by atoms with van der Waals surface area (Å²) in [6, 6.07) is 0. The van der Waals surface area contributed by atoms with Gasteiger partial charge < -0.3 is 5.11 Å². The second-order valence-electron chi connectivity index (χ2n) is 3.71. The van der Waals surface area contributed by atoms with E-state index in [0.717, 1.165) is 12.3 Å². The topological polar surface area (TPSA) is 20.2 Å². The van der Waals surface area contributed by atoms with E-state index in [4.69, 9.17) is 0 Å². The first kappa shape index (κ1) is 9.79. The molecule has 0 spiro atoms. The molecule has 0 heterocycles. The first-order valence-electron chi connectivity index (χ1n) is 5.16. The van der Waals surface area contributed by atoms with E-state index >= 15 is 0 Å². The van der Waals surface area contributed by atoms with Crippen LogP contribution >= 0.6 is 0 Å². The molecule has 12 heavy (non-hydrogen) atoms. The molecular weight excluding hydrogens is 148 g/mol. The second kappa shape index (κ2) is 4.66. The highest BCUT2D eigenvalue weighted by molar-refractivity contribution is 5.12. The van der Waals surface area contributed by atoms with Crippen LogP contribution in [0.1, 0.15) is 46.0 Å². The summed E-state index contributed by atoms with van der Waals surface area (Å²) in [5, 5.41) is 9.44. The van der Waals surface area contributed by atoms with Crippen molar-refractivity contribution in [2.45, 2.75) is 52.1 Å². The van der Waals surface area contributed by atoms with Crippen LogP contribution in [0.4, 0.5) is 0 Å². The van der Waals surface area contributed by atoms with Crippen LogP contribution in [0.2, 0.25) is 0 Å². The molecule has 0 aromatic rings. The molecule has 0 aromatic carbocycles. The summed E-state index contributed by atoms with van der Waals surface area (Å²) < 4.78 is 0. The van der Waals surface area contributed by atoms with Gasteiger partial charge >= 0.3 is 0 Å². The Morgan fingerprint density at radius 1 is 1.50 bits per heavy atom. The molecule has 0 saturated heterocycles. The van der Waals surface area contributed by atoms with Crippen molar-refractivity contribution in [2.75, 3.05) is 0 Å². The highest BCUT2D eigenvalue weighted by Gasteiger charge is 2.16. The van der Waals surface area contributed by atoms with Gasteiger partial charge in [-0.15, -0.1) is 0 Å². The van der Waals surface area contributed by atoms with Gasteiger partial charge in [-0.1, -0.05) is 25.5 Å². The Kier molecular flexibility index (Phi) is 3.80. The van der Waals surface area contributed by atoms with Crippen molar-refractivity contribution in [3.63, 3.8) is 0 Å². The maximum absolute atomic E-state index is 9.44. The Morgan fingerprint density at radius 3 is 2.67 bits per heavy atom. The summed E-state index contributed by atoms with van der Waals surface area (Å²) in [6.45, 7) is 4.46. The van der Waals surface area contributed by atoms with Crippen molar-refractivity contribution in [3.8, 4) is 0 Å². The largest absolute Gasteiger partial charge is 0.389 e. The monoisotopic (exact) mass is 168 g/mol. The van der Waals surface area contributed by atoms with E-state index in [2.05, 4.69) is 19.9 Å². The van der Waals surface area contributed by atoms with E-state index in [1.165, 1.54) is 31.3 Å². The van der Waals surface area contributed by atoms with Crippen LogP contribution in [0, 0.1) is 5.92 Å². The quantitative estimate of drug-likeness (QED) is 0.642. The van der Waals surface area contributed by atoms with Crippen LogP contribution in [0.5, 0.6) is 0 Å². The molecule has 1 atom stereocenters. The summed E-state index contributed by atoms with van der Waals surface area (Å²) in [7, 11) is 0. The van der Waals surface area contributed by atoms with Gasteiger partial charge in [0.25, 0.3) is 0 Å². The molecule has 1 aliphatic rings. The Bertz CT molecular complexity index is 156. The maximum Gasteiger partial charge on any atom is 0.0723 e. The Balaban J connectivity index is 2.58. The lowest BCUT2D eigenvalue weighted by Gasteiger charge is -2.23. The van der Waals surface area contributed by atoms with E-state index in [9.17, 15) is 5.11 Å². The zero-order valence-electron chi connectivity index (χ0n) is 8.21. The SMILES string of the molecule is CCC(CC)C1=CC(O)CCC1. The minimum atomic E-state index is -0.158. The van der Waals surface area contributed by atoms with Crippen LogP contribution in [0.25, 0.3) is 0 Å². The molecule has 0 aromatic heterocycles. The van der Waals surface area contributed by atoms with Crippen molar-refractivity contribution < 1.29 is 5.11 Å². The fraction of sp³-hybridized carbons (Fsp3) is 0.818. The Morgan fingerprint density at radius 2 is 2.17 bits per heavy atom. The van der Waals surface area contributed by atoms with Crippen LogP contribution in [-0.2, 0) is 0 Å². The average Bonchev–Trinajstić information content (AvgIpc) is 2.07. The molecule has 1 aliphatic carbocycles. The fourth-order valence-corrected chi connectivity index (χ4v) is 2.08. The summed E-state index contributed by atoms with van der Waals surface area (Å²) in [4.78, 5) is 0. The van der Waals surface area contributed by atoms with Gasteiger partial charge in [-0.25, -0.2) is 0 Å². The highest BCUT2D eigenvalue weighted by atomic mass is 16.3. The average molecular weight is 168 g/mol. The standard InChI is InChI=1S/C11H20O/c1-3-9(4-2)10-6-5-7-11(12)8-10/h8-9,11-12H,3-7H2,1-2H3. The second-order valence-corrected chi connectivity index (χ2v) is 3.71. The van der Waals surface area contributed by atoms with E-state index < -0.39 is 0 Å². The van der Waals surface area contributed by atoms with Crippen LogP contribution in [0.15, 0.2) is 11.6 Å². The molecule has 1 unspecified atom stereocenters. The van der Waals surface area contributed by atoms with Crippen molar-refractivity contribution in [2.24, 2.45) is 5.92 Å². The molecule has 1 nitrogen and oxygen atoms in total. The van der Waals surface area contributed by atoms with Crippen molar-refractivity contribution in [1.82, 2.24) is 0 Å². The van der Waals surface area contributed by atoms with Gasteiger partial charge in [0.1, 0.15) is 0 Å². The molecule has 0 bridgehead atoms. The summed E-state index contributed by atoms with van der Waals surface area (Å²) in [5.74, 6) is 0.722. The molecule has 0 amide bonds. The van der Waals surface area contributed by atoms with E-state index in [1.807, 2.05) is 0 Å². The minimum Gasteiger partial charge on any atom is -0.389 e. The smallest absolute Gasteiger partial charge is 0.0723 e. The van der Waals surface area contributed by atoms with Crippen LogP contribution in [-0.4, -0.2) is 11.2 Å². The molecule has 70 valence electrons. The number of allylic oxidation sites excluding steroid dienone is 1. The third-order valence-corrected chi connectivity index (χ3v) is 2.88. The lowest BCUT2D eigenvalue weighted by molar-refractivity contribution is 0.199. The van der Waals surface area contributed by atoms with Crippen molar-refractivity contribution in [3.05, 3.63) is 11.6 Å². The van der Waals surface area contributed by atoms with Gasteiger partial charge in [0.05, 0.1) is 6.10 Å². The number of hydrogen-bond acceptors (Lipinski definition) is 1. The number of aliphatic hydroxyl groups is 1. The molecule has 1 heteroatoms. The van der Waals surface area contributed by atoms with E-state index in [0.29, 0.717) is 0 Å². The minimum absolute atomic E-state index is 0.158. The lowest BCUT2D eigenvalue weighted by atomic mass is 9.85. The number of aliphatic hydroxyl groups excluding tert-OH is 1. The first-order valence-corrected chi connectivity index (χ1v) is 5.16. The van der Waals surface area contributed by atoms with Gasteiger partial charge in [0, 0.05) is 0 Å². The summed E-state index contributed by atoms with van der Waals surface area (Å²) in [5.41, 5.74) is 1.50. The van der Waals surface area contributed by atoms with Crippen LogP contribution in [0.3, 0.4) is 0 Å². The molecule has 0 fully saturated rings. The first-order chi connectivity index (χ1) is 5.77. The maximum atomic E-state index is 9.44. The number of rotatable bonds is 3. The molecule has 0 radical (unpaired) electrons. The normalized spacial score (nSPS) is 24.3.